The molecule has 1 aliphatic carbocycles. The maximum Gasteiger partial charge on any atom is 0.146 e. The minimum Gasteiger partial charge on any atom is -0.299 e. The van der Waals surface area contributed by atoms with Crippen molar-refractivity contribution in [2.24, 2.45) is 5.92 Å². The highest BCUT2D eigenvalue weighted by atomic mass is 35.5. The number of ketones is 1. The molecule has 1 unspecified atom stereocenters. The quantitative estimate of drug-likeness (QED) is 0.735. The van der Waals surface area contributed by atoms with Crippen LogP contribution in [0.25, 0.3) is 0 Å². The van der Waals surface area contributed by atoms with Crippen LogP contribution in [0.1, 0.15) is 55.7 Å². The fraction of sp³-hybridized carbons (Fsp3) is 0.400. The van der Waals surface area contributed by atoms with Crippen molar-refractivity contribution in [1.29, 1.82) is 0 Å². The number of aromatic nitrogens is 1. The Hall–Kier alpha value is -1.67. The Balaban J connectivity index is 1.85. The van der Waals surface area contributed by atoms with Crippen LogP contribution < -0.4 is 0 Å². The lowest BCUT2D eigenvalue weighted by Gasteiger charge is -2.23. The van der Waals surface area contributed by atoms with E-state index in [9.17, 15) is 4.79 Å². The highest BCUT2D eigenvalue weighted by molar-refractivity contribution is 6.30. The zero-order valence-corrected chi connectivity index (χ0v) is 14.0. The largest absolute Gasteiger partial charge is 0.299 e. The van der Waals surface area contributed by atoms with E-state index in [0.717, 1.165) is 11.3 Å². The Morgan fingerprint density at radius 3 is 2.48 bits per heavy atom. The summed E-state index contributed by atoms with van der Waals surface area (Å²) in [5.74, 6) is 0.531. The van der Waals surface area contributed by atoms with Gasteiger partial charge in [-0.1, -0.05) is 61.9 Å². The van der Waals surface area contributed by atoms with Crippen molar-refractivity contribution in [1.82, 2.24) is 4.98 Å². The Labute approximate surface area is 142 Å². The van der Waals surface area contributed by atoms with Gasteiger partial charge in [0.2, 0.25) is 0 Å². The van der Waals surface area contributed by atoms with Crippen LogP contribution in [-0.4, -0.2) is 10.8 Å². The molecule has 0 aliphatic heterocycles. The van der Waals surface area contributed by atoms with Gasteiger partial charge in [0.05, 0.1) is 11.6 Å². The molecule has 1 atom stereocenters. The van der Waals surface area contributed by atoms with Crippen molar-refractivity contribution in [3.05, 3.63) is 64.9 Å². The number of Topliss-reactive ketones (excluding diaryl/α,β-unsaturated/α-hetero) is 1. The molecular weight excluding hydrogens is 306 g/mol. The summed E-state index contributed by atoms with van der Waals surface area (Å²) < 4.78 is 0. The van der Waals surface area contributed by atoms with Crippen LogP contribution in [0.2, 0.25) is 5.02 Å². The molecule has 3 rings (SSSR count). The Morgan fingerprint density at radius 2 is 1.83 bits per heavy atom. The number of carbonyl (C=O) groups excluding carboxylic acids is 1. The van der Waals surface area contributed by atoms with Gasteiger partial charge in [0.25, 0.3) is 0 Å². The number of carbonyl (C=O) groups is 1. The van der Waals surface area contributed by atoms with E-state index in [1.54, 1.807) is 6.20 Å². The SMILES string of the molecule is O=C(CC1CCCCC1)C(c1ccc(Cl)cc1)c1ccccn1. The first-order valence-electron chi connectivity index (χ1n) is 8.43. The van der Waals surface area contributed by atoms with Gasteiger partial charge in [0.1, 0.15) is 5.78 Å². The molecule has 0 spiro atoms. The third-order valence-corrected chi connectivity index (χ3v) is 4.98. The number of benzene rings is 1. The molecule has 0 bridgehead atoms. The number of hydrogen-bond acceptors (Lipinski definition) is 2. The molecule has 120 valence electrons. The van der Waals surface area contributed by atoms with Gasteiger partial charge in [0, 0.05) is 17.6 Å². The molecule has 1 fully saturated rings. The zero-order chi connectivity index (χ0) is 16.1. The third kappa shape index (κ3) is 4.20. The van der Waals surface area contributed by atoms with Crippen LogP contribution in [0.15, 0.2) is 48.7 Å². The van der Waals surface area contributed by atoms with Gasteiger partial charge in [-0.3, -0.25) is 9.78 Å². The summed E-state index contributed by atoms with van der Waals surface area (Å²) in [5.41, 5.74) is 1.81. The van der Waals surface area contributed by atoms with Crippen molar-refractivity contribution >= 4 is 17.4 Å². The predicted octanol–water partition coefficient (Wildman–Crippen LogP) is 5.41. The lowest BCUT2D eigenvalue weighted by atomic mass is 9.81. The number of nitrogens with zero attached hydrogens (tertiary/aromatic N) is 1. The number of hydrogen-bond donors (Lipinski definition) is 0. The maximum absolute atomic E-state index is 13.0. The van der Waals surface area contributed by atoms with Crippen LogP contribution in [0.3, 0.4) is 0 Å². The van der Waals surface area contributed by atoms with Gasteiger partial charge in [-0.25, -0.2) is 0 Å². The number of pyridine rings is 1. The second-order valence-electron chi connectivity index (χ2n) is 6.41. The first-order chi connectivity index (χ1) is 11.2. The minimum absolute atomic E-state index is 0.276. The molecule has 1 saturated carbocycles. The highest BCUT2D eigenvalue weighted by Crippen LogP contribution is 2.32. The van der Waals surface area contributed by atoms with Crippen molar-refractivity contribution in [2.45, 2.75) is 44.4 Å². The van der Waals surface area contributed by atoms with E-state index >= 15 is 0 Å². The second-order valence-corrected chi connectivity index (χ2v) is 6.85. The second kappa shape index (κ2) is 7.74. The zero-order valence-electron chi connectivity index (χ0n) is 13.2. The molecule has 1 aromatic carbocycles. The summed E-state index contributed by atoms with van der Waals surface area (Å²) >= 11 is 6.00. The fourth-order valence-corrected chi connectivity index (χ4v) is 3.64. The smallest absolute Gasteiger partial charge is 0.146 e. The van der Waals surface area contributed by atoms with E-state index in [2.05, 4.69) is 4.98 Å². The molecule has 0 radical (unpaired) electrons. The highest BCUT2D eigenvalue weighted by Gasteiger charge is 2.27. The molecule has 0 N–H and O–H groups in total. The number of rotatable bonds is 5. The van der Waals surface area contributed by atoms with Crippen molar-refractivity contribution in [2.75, 3.05) is 0 Å². The van der Waals surface area contributed by atoms with Crippen molar-refractivity contribution in [3.8, 4) is 0 Å². The normalized spacial score (nSPS) is 16.9. The average molecular weight is 328 g/mol. The van der Waals surface area contributed by atoms with Crippen LogP contribution in [0.5, 0.6) is 0 Å². The summed E-state index contributed by atoms with van der Waals surface area (Å²) in [6.45, 7) is 0. The van der Waals surface area contributed by atoms with E-state index in [1.807, 2.05) is 42.5 Å². The third-order valence-electron chi connectivity index (χ3n) is 4.72. The van der Waals surface area contributed by atoms with Crippen LogP contribution >= 0.6 is 11.6 Å². The van der Waals surface area contributed by atoms with Gasteiger partial charge < -0.3 is 0 Å². The topological polar surface area (TPSA) is 30.0 Å². The maximum atomic E-state index is 13.0. The van der Waals surface area contributed by atoms with Gasteiger partial charge in [-0.2, -0.15) is 0 Å². The van der Waals surface area contributed by atoms with Gasteiger partial charge in [-0.15, -0.1) is 0 Å². The first kappa shape index (κ1) is 16.2. The Kier molecular flexibility index (Phi) is 5.45. The first-order valence-corrected chi connectivity index (χ1v) is 8.81. The average Bonchev–Trinajstić information content (AvgIpc) is 2.59. The molecule has 1 aliphatic rings. The van der Waals surface area contributed by atoms with Gasteiger partial charge >= 0.3 is 0 Å². The van der Waals surface area contributed by atoms with Crippen LogP contribution in [-0.2, 0) is 4.79 Å². The molecule has 3 heteroatoms. The predicted molar refractivity (Wildman–Crippen MR) is 93.7 cm³/mol. The molecule has 1 aromatic heterocycles. The number of halogens is 1. The molecule has 2 aromatic rings. The van der Waals surface area contributed by atoms with E-state index in [0.29, 0.717) is 17.4 Å². The monoisotopic (exact) mass is 327 g/mol. The molecule has 23 heavy (non-hydrogen) atoms. The summed E-state index contributed by atoms with van der Waals surface area (Å²) in [4.78, 5) is 17.5. The lowest BCUT2D eigenvalue weighted by Crippen LogP contribution is -2.20. The Morgan fingerprint density at radius 1 is 1.09 bits per heavy atom. The van der Waals surface area contributed by atoms with Crippen molar-refractivity contribution < 1.29 is 4.79 Å². The minimum atomic E-state index is -0.282. The summed E-state index contributed by atoms with van der Waals surface area (Å²) in [7, 11) is 0. The summed E-state index contributed by atoms with van der Waals surface area (Å²) in [6, 6.07) is 13.4. The summed E-state index contributed by atoms with van der Waals surface area (Å²) in [6.07, 6.45) is 8.60. The van der Waals surface area contributed by atoms with Gasteiger partial charge in [0.15, 0.2) is 0 Å². The van der Waals surface area contributed by atoms with E-state index in [-0.39, 0.29) is 11.7 Å². The standard InChI is InChI=1S/C20H22ClNO/c21-17-11-9-16(10-12-17)20(18-8-4-5-13-22-18)19(23)14-15-6-2-1-3-7-15/h4-5,8-13,15,20H,1-3,6-7,14H2. The molecule has 1 heterocycles. The van der Waals surface area contributed by atoms with E-state index in [4.69, 9.17) is 11.6 Å². The van der Waals surface area contributed by atoms with Crippen molar-refractivity contribution in [3.63, 3.8) is 0 Å². The van der Waals surface area contributed by atoms with E-state index < -0.39 is 0 Å². The van der Waals surface area contributed by atoms with Crippen LogP contribution in [0, 0.1) is 5.92 Å². The fourth-order valence-electron chi connectivity index (χ4n) is 3.52. The van der Waals surface area contributed by atoms with E-state index in [1.165, 1.54) is 32.1 Å². The molecule has 0 saturated heterocycles. The lowest BCUT2D eigenvalue weighted by molar-refractivity contribution is -0.120. The molecular formula is C20H22ClNO. The molecule has 2 nitrogen and oxygen atoms in total. The van der Waals surface area contributed by atoms with Crippen LogP contribution in [0.4, 0.5) is 0 Å². The Bertz CT molecular complexity index is 632. The summed E-state index contributed by atoms with van der Waals surface area (Å²) in [5, 5.41) is 0.688. The molecule has 0 amide bonds. The van der Waals surface area contributed by atoms with Gasteiger partial charge in [-0.05, 0) is 35.7 Å².